The molecule has 2 aliphatic rings. The van der Waals surface area contributed by atoms with Crippen molar-refractivity contribution in [1.82, 2.24) is 10.6 Å². The van der Waals surface area contributed by atoms with Crippen LogP contribution in [0, 0.1) is 0 Å². The lowest BCUT2D eigenvalue weighted by Crippen LogP contribution is -2.57. The van der Waals surface area contributed by atoms with Crippen LogP contribution in [-0.2, 0) is 11.2 Å². The van der Waals surface area contributed by atoms with E-state index in [-0.39, 0.29) is 12.3 Å². The molecule has 0 saturated heterocycles. The number of nitrogens with zero attached hydrogens (tertiary/aromatic N) is 2. The number of fused-ring (bicyclic) bond motifs is 3. The number of carboxylic acid groups (broad SMARTS) is 1. The van der Waals surface area contributed by atoms with Crippen molar-refractivity contribution in [1.29, 1.82) is 0 Å². The second kappa shape index (κ2) is 8.55. The Bertz CT molecular complexity index is 1100. The molecule has 1 atom stereocenters. The largest absolute Gasteiger partial charge is 0.465 e. The maximum Gasteiger partial charge on any atom is 0.405 e. The van der Waals surface area contributed by atoms with Crippen LogP contribution in [0.2, 0.25) is 0 Å². The van der Waals surface area contributed by atoms with Crippen LogP contribution >= 0.6 is 0 Å². The Balaban J connectivity index is 1.47. The van der Waals surface area contributed by atoms with Gasteiger partial charge in [0.15, 0.2) is 0 Å². The summed E-state index contributed by atoms with van der Waals surface area (Å²) in [7, 11) is 0. The van der Waals surface area contributed by atoms with Gasteiger partial charge in [0.1, 0.15) is 5.54 Å². The molecule has 0 aromatic heterocycles. The number of hydrogen-bond acceptors (Lipinski definition) is 4. The third-order valence-corrected chi connectivity index (χ3v) is 5.46. The molecule has 0 bridgehead atoms. The van der Waals surface area contributed by atoms with Gasteiger partial charge in [0.05, 0.1) is 17.9 Å². The predicted molar refractivity (Wildman–Crippen MR) is 121 cm³/mol. The second-order valence-electron chi connectivity index (χ2n) is 7.87. The highest BCUT2D eigenvalue weighted by molar-refractivity contribution is 6.35. The number of allylic oxidation sites excluding steroid dienone is 1. The highest BCUT2D eigenvalue weighted by Crippen LogP contribution is 2.36. The third-order valence-electron chi connectivity index (χ3n) is 5.46. The lowest BCUT2D eigenvalue weighted by molar-refractivity contribution is -0.126. The van der Waals surface area contributed by atoms with E-state index in [1.54, 1.807) is 6.92 Å². The van der Waals surface area contributed by atoms with E-state index < -0.39 is 11.6 Å². The van der Waals surface area contributed by atoms with Crippen LogP contribution < -0.4 is 10.6 Å². The van der Waals surface area contributed by atoms with Gasteiger partial charge in [-0.2, -0.15) is 0 Å². The van der Waals surface area contributed by atoms with Crippen LogP contribution in [0.15, 0.2) is 70.7 Å². The average Bonchev–Trinajstić information content (AvgIpc) is 3.12. The summed E-state index contributed by atoms with van der Waals surface area (Å²) in [5, 5.41) is 14.6. The number of benzene rings is 2. The van der Waals surface area contributed by atoms with Gasteiger partial charge in [-0.3, -0.25) is 14.8 Å². The standard InChI is InChI=1S/C24H24N4O3/c1-24(28-23(30)31,22(29)25-12-11-16-7-3-2-4-8-16)14-17-13-19-18-9-5-6-10-20(18)27-21(19)15-26-17/h2-10,13,28H,11-12,14-15H2,1H3,(H,25,29)(H,30,31). The van der Waals surface area contributed by atoms with Crippen LogP contribution in [0.3, 0.4) is 0 Å². The first kappa shape index (κ1) is 20.5. The number of amides is 2. The average molecular weight is 416 g/mol. The summed E-state index contributed by atoms with van der Waals surface area (Å²) < 4.78 is 0. The summed E-state index contributed by atoms with van der Waals surface area (Å²) >= 11 is 0. The van der Waals surface area contributed by atoms with E-state index in [0.717, 1.165) is 28.1 Å². The second-order valence-corrected chi connectivity index (χ2v) is 7.87. The predicted octanol–water partition coefficient (Wildman–Crippen LogP) is 3.39. The molecule has 2 aromatic rings. The van der Waals surface area contributed by atoms with Gasteiger partial charge in [-0.15, -0.1) is 0 Å². The van der Waals surface area contributed by atoms with Crippen LogP contribution in [-0.4, -0.2) is 47.2 Å². The van der Waals surface area contributed by atoms with E-state index in [4.69, 9.17) is 0 Å². The molecule has 3 N–H and O–H groups in total. The van der Waals surface area contributed by atoms with Gasteiger partial charge in [0.25, 0.3) is 0 Å². The van der Waals surface area contributed by atoms with Crippen molar-refractivity contribution >= 4 is 34.7 Å². The molecule has 0 radical (unpaired) electrons. The van der Waals surface area contributed by atoms with E-state index >= 15 is 0 Å². The lowest BCUT2D eigenvalue weighted by atomic mass is 9.90. The highest BCUT2D eigenvalue weighted by Gasteiger charge is 2.37. The number of para-hydroxylation sites is 1. The molecule has 2 amide bonds. The molecule has 1 unspecified atom stereocenters. The number of dihydropyridines is 1. The Labute approximate surface area is 180 Å². The Hall–Kier alpha value is -3.74. The molecule has 4 rings (SSSR count). The van der Waals surface area contributed by atoms with Crippen molar-refractivity contribution in [3.8, 4) is 0 Å². The van der Waals surface area contributed by atoms with Gasteiger partial charge in [0, 0.05) is 29.8 Å². The minimum Gasteiger partial charge on any atom is -0.465 e. The monoisotopic (exact) mass is 416 g/mol. The molecular weight excluding hydrogens is 392 g/mol. The maximum atomic E-state index is 13.0. The van der Waals surface area contributed by atoms with Gasteiger partial charge in [-0.05, 0) is 31.1 Å². The summed E-state index contributed by atoms with van der Waals surface area (Å²) in [6.45, 7) is 2.41. The third kappa shape index (κ3) is 4.55. The van der Waals surface area contributed by atoms with Crippen molar-refractivity contribution in [2.24, 2.45) is 9.98 Å². The Morgan fingerprint density at radius 3 is 2.61 bits per heavy atom. The van der Waals surface area contributed by atoms with Crippen molar-refractivity contribution in [2.45, 2.75) is 25.3 Å². The van der Waals surface area contributed by atoms with Gasteiger partial charge < -0.3 is 15.7 Å². The van der Waals surface area contributed by atoms with Crippen molar-refractivity contribution in [3.63, 3.8) is 0 Å². The summed E-state index contributed by atoms with van der Waals surface area (Å²) in [4.78, 5) is 33.6. The number of hydrogen-bond donors (Lipinski definition) is 3. The van der Waals surface area contributed by atoms with Crippen LogP contribution in [0.25, 0.3) is 5.57 Å². The zero-order chi connectivity index (χ0) is 21.8. The normalized spacial score (nSPS) is 16.1. The smallest absolute Gasteiger partial charge is 0.405 e. The van der Waals surface area contributed by atoms with E-state index in [1.165, 1.54) is 0 Å². The first-order valence-electron chi connectivity index (χ1n) is 10.2. The molecule has 31 heavy (non-hydrogen) atoms. The zero-order valence-corrected chi connectivity index (χ0v) is 17.3. The summed E-state index contributed by atoms with van der Waals surface area (Å²) in [6.07, 6.45) is 1.47. The fourth-order valence-electron chi connectivity index (χ4n) is 3.88. The molecule has 2 heterocycles. The molecule has 158 valence electrons. The fraction of sp³-hybridized carbons (Fsp3) is 0.250. The van der Waals surface area contributed by atoms with Gasteiger partial charge in [-0.1, -0.05) is 48.5 Å². The lowest BCUT2D eigenvalue weighted by Gasteiger charge is -2.29. The Morgan fingerprint density at radius 2 is 1.84 bits per heavy atom. The maximum absolute atomic E-state index is 13.0. The molecule has 2 aliphatic heterocycles. The molecule has 0 saturated carbocycles. The molecule has 7 nitrogen and oxygen atoms in total. The van der Waals surface area contributed by atoms with Crippen molar-refractivity contribution in [2.75, 3.05) is 13.1 Å². The van der Waals surface area contributed by atoms with Gasteiger partial charge in [-0.25, -0.2) is 4.79 Å². The van der Waals surface area contributed by atoms with Crippen molar-refractivity contribution in [3.05, 3.63) is 71.8 Å². The van der Waals surface area contributed by atoms with Crippen LogP contribution in [0.4, 0.5) is 10.5 Å². The van der Waals surface area contributed by atoms with Crippen LogP contribution in [0.5, 0.6) is 0 Å². The minimum absolute atomic E-state index is 0.148. The first-order chi connectivity index (χ1) is 14.9. The van der Waals surface area contributed by atoms with Crippen LogP contribution in [0.1, 0.15) is 24.5 Å². The molecule has 0 aliphatic carbocycles. The number of carbonyl (C=O) groups is 2. The molecule has 2 aromatic carbocycles. The number of rotatable bonds is 7. The summed E-state index contributed by atoms with van der Waals surface area (Å²) in [5.74, 6) is -0.377. The van der Waals surface area contributed by atoms with E-state index in [2.05, 4.69) is 20.6 Å². The molecule has 0 fully saturated rings. The SMILES string of the molecule is CC(CC1=NCC2=Nc3ccccc3C2=C1)(NC(=O)O)C(=O)NCCc1ccccc1. The molecule has 0 spiro atoms. The quantitative estimate of drug-likeness (QED) is 0.645. The minimum atomic E-state index is -1.34. The first-order valence-corrected chi connectivity index (χ1v) is 10.2. The number of aliphatic imine (C=N–C) groups is 2. The summed E-state index contributed by atoms with van der Waals surface area (Å²) in [5.41, 5.74) is 4.25. The number of carbonyl (C=O) groups excluding carboxylic acids is 1. The van der Waals surface area contributed by atoms with Gasteiger partial charge >= 0.3 is 6.09 Å². The highest BCUT2D eigenvalue weighted by atomic mass is 16.4. The van der Waals surface area contributed by atoms with E-state index in [1.807, 2.05) is 60.7 Å². The fourth-order valence-corrected chi connectivity index (χ4v) is 3.88. The van der Waals surface area contributed by atoms with E-state index in [9.17, 15) is 14.7 Å². The molecule has 7 heteroatoms. The van der Waals surface area contributed by atoms with Crippen molar-refractivity contribution < 1.29 is 14.7 Å². The zero-order valence-electron chi connectivity index (χ0n) is 17.3. The summed E-state index contributed by atoms with van der Waals surface area (Å²) in [6, 6.07) is 17.7. The van der Waals surface area contributed by atoms with Gasteiger partial charge in [0.2, 0.25) is 5.91 Å². The Kier molecular flexibility index (Phi) is 5.66. The number of nitrogens with one attached hydrogen (secondary N) is 2. The topological polar surface area (TPSA) is 103 Å². The molecular formula is C24H24N4O3. The Morgan fingerprint density at radius 1 is 1.10 bits per heavy atom. The van der Waals surface area contributed by atoms with E-state index in [0.29, 0.717) is 25.2 Å².